The number of halogens is 2. The lowest BCUT2D eigenvalue weighted by molar-refractivity contribution is -0.113. The van der Waals surface area contributed by atoms with E-state index in [4.69, 9.17) is 4.42 Å². The van der Waals surface area contributed by atoms with Gasteiger partial charge in [-0.15, -0.1) is 10.2 Å². The normalized spacial score (nSPS) is 10.9. The lowest BCUT2D eigenvalue weighted by Gasteiger charge is -2.07. The molecule has 2 heterocycles. The maximum Gasteiger partial charge on any atom is 0.387 e. The zero-order valence-electron chi connectivity index (χ0n) is 13.6. The smallest absolute Gasteiger partial charge is 0.387 e. The number of carbonyl (C=O) groups excluding carboxylic acids is 1. The molecule has 0 radical (unpaired) electrons. The van der Waals surface area contributed by atoms with Crippen molar-refractivity contribution in [1.82, 2.24) is 14.8 Å². The molecule has 0 bridgehead atoms. The van der Waals surface area contributed by atoms with Gasteiger partial charge in [0, 0.05) is 12.7 Å². The lowest BCUT2D eigenvalue weighted by Crippen LogP contribution is -2.14. The van der Waals surface area contributed by atoms with Gasteiger partial charge in [-0.25, -0.2) is 0 Å². The second-order valence-electron chi connectivity index (χ2n) is 5.08. The molecule has 3 aromatic rings. The van der Waals surface area contributed by atoms with Crippen LogP contribution in [0.5, 0.6) is 5.75 Å². The van der Waals surface area contributed by atoms with Crippen molar-refractivity contribution in [3.05, 3.63) is 42.7 Å². The highest BCUT2D eigenvalue weighted by Gasteiger charge is 2.14. The number of carbonyl (C=O) groups is 1. The van der Waals surface area contributed by atoms with Crippen molar-refractivity contribution in [2.45, 2.75) is 11.8 Å². The first-order valence-electron chi connectivity index (χ1n) is 7.43. The highest BCUT2D eigenvalue weighted by atomic mass is 32.2. The van der Waals surface area contributed by atoms with Gasteiger partial charge in [-0.1, -0.05) is 11.8 Å². The first-order valence-corrected chi connectivity index (χ1v) is 8.42. The molecule has 10 heteroatoms. The van der Waals surface area contributed by atoms with Gasteiger partial charge < -0.3 is 19.0 Å². The van der Waals surface area contributed by atoms with Crippen LogP contribution in [0.2, 0.25) is 0 Å². The van der Waals surface area contributed by atoms with Crippen LogP contribution in [0, 0.1) is 0 Å². The predicted octanol–water partition coefficient (Wildman–Crippen LogP) is 3.41. The summed E-state index contributed by atoms with van der Waals surface area (Å²) in [5.74, 6) is 1.02. The Labute approximate surface area is 151 Å². The molecule has 1 N–H and O–H groups in total. The summed E-state index contributed by atoms with van der Waals surface area (Å²) in [6.07, 6.45) is 1.54. The van der Waals surface area contributed by atoms with Crippen molar-refractivity contribution >= 4 is 23.4 Å². The van der Waals surface area contributed by atoms with E-state index in [1.54, 1.807) is 30.0 Å². The molecule has 0 spiro atoms. The molecule has 1 amide bonds. The van der Waals surface area contributed by atoms with Crippen molar-refractivity contribution in [2.24, 2.45) is 7.05 Å². The Kier molecular flexibility index (Phi) is 5.52. The van der Waals surface area contributed by atoms with Crippen LogP contribution in [0.1, 0.15) is 0 Å². The summed E-state index contributed by atoms with van der Waals surface area (Å²) in [6.45, 7) is -2.88. The number of hydrogen-bond acceptors (Lipinski definition) is 6. The van der Waals surface area contributed by atoms with Gasteiger partial charge in [-0.2, -0.15) is 8.78 Å². The molecule has 136 valence electrons. The summed E-state index contributed by atoms with van der Waals surface area (Å²) < 4.78 is 35.5. The molecular formula is C16H14F2N4O3S. The number of rotatable bonds is 7. The zero-order valence-corrected chi connectivity index (χ0v) is 14.4. The van der Waals surface area contributed by atoms with Gasteiger partial charge in [-0.05, 0) is 36.4 Å². The first-order chi connectivity index (χ1) is 12.5. The Bertz CT molecular complexity index is 866. The Morgan fingerprint density at radius 3 is 2.73 bits per heavy atom. The highest BCUT2D eigenvalue weighted by molar-refractivity contribution is 7.99. The Morgan fingerprint density at radius 2 is 2.08 bits per heavy atom. The van der Waals surface area contributed by atoms with Gasteiger partial charge in [0.1, 0.15) is 5.75 Å². The van der Waals surface area contributed by atoms with E-state index < -0.39 is 6.61 Å². The van der Waals surface area contributed by atoms with Gasteiger partial charge in [-0.3, -0.25) is 4.79 Å². The van der Waals surface area contributed by atoms with E-state index in [1.807, 2.05) is 0 Å². The van der Waals surface area contributed by atoms with Crippen LogP contribution in [0.15, 0.2) is 52.2 Å². The number of anilines is 1. The molecule has 0 saturated carbocycles. The van der Waals surface area contributed by atoms with E-state index in [2.05, 4.69) is 20.3 Å². The number of amides is 1. The van der Waals surface area contributed by atoms with Crippen LogP contribution in [-0.4, -0.2) is 33.0 Å². The van der Waals surface area contributed by atoms with Gasteiger partial charge in [0.25, 0.3) is 0 Å². The van der Waals surface area contributed by atoms with Crippen molar-refractivity contribution in [3.63, 3.8) is 0 Å². The van der Waals surface area contributed by atoms with Crippen molar-refractivity contribution in [2.75, 3.05) is 11.1 Å². The first kappa shape index (κ1) is 17.9. The van der Waals surface area contributed by atoms with Gasteiger partial charge >= 0.3 is 6.61 Å². The van der Waals surface area contributed by atoms with E-state index in [9.17, 15) is 13.6 Å². The summed E-state index contributed by atoms with van der Waals surface area (Å²) in [5, 5.41) is 11.3. The monoisotopic (exact) mass is 380 g/mol. The van der Waals surface area contributed by atoms with E-state index >= 15 is 0 Å². The summed E-state index contributed by atoms with van der Waals surface area (Å²) in [4.78, 5) is 12.0. The molecular weight excluding hydrogens is 366 g/mol. The predicted molar refractivity (Wildman–Crippen MR) is 91.1 cm³/mol. The largest absolute Gasteiger partial charge is 0.461 e. The number of hydrogen-bond donors (Lipinski definition) is 1. The SMILES string of the molecule is Cn1c(SCC(=O)Nc2ccc(OC(F)F)cc2)nnc1-c1ccco1. The lowest BCUT2D eigenvalue weighted by atomic mass is 10.3. The summed E-state index contributed by atoms with van der Waals surface area (Å²) in [5.41, 5.74) is 0.478. The second-order valence-corrected chi connectivity index (χ2v) is 6.02. The molecule has 7 nitrogen and oxygen atoms in total. The van der Waals surface area contributed by atoms with Crippen LogP contribution < -0.4 is 10.1 Å². The number of alkyl halides is 2. The zero-order chi connectivity index (χ0) is 18.5. The van der Waals surface area contributed by atoms with Crippen LogP contribution >= 0.6 is 11.8 Å². The van der Waals surface area contributed by atoms with Crippen molar-refractivity contribution in [1.29, 1.82) is 0 Å². The summed E-state index contributed by atoms with van der Waals surface area (Å²) >= 11 is 1.22. The molecule has 0 aliphatic rings. The molecule has 1 aromatic carbocycles. The molecule has 0 atom stereocenters. The topological polar surface area (TPSA) is 82.2 Å². The molecule has 2 aromatic heterocycles. The van der Waals surface area contributed by atoms with Gasteiger partial charge in [0.05, 0.1) is 12.0 Å². The molecule has 26 heavy (non-hydrogen) atoms. The van der Waals surface area contributed by atoms with Gasteiger partial charge in [0.2, 0.25) is 5.91 Å². The standard InChI is InChI=1S/C16H14F2N4O3S/c1-22-14(12-3-2-8-24-12)20-21-16(22)26-9-13(23)19-10-4-6-11(7-5-10)25-15(17)18/h2-8,15H,9H2,1H3,(H,19,23). The maximum atomic E-state index is 12.1. The van der Waals surface area contributed by atoms with Crippen LogP contribution in [-0.2, 0) is 11.8 Å². The van der Waals surface area contributed by atoms with E-state index in [0.717, 1.165) is 0 Å². The molecule has 0 aliphatic heterocycles. The Balaban J connectivity index is 1.54. The van der Waals surface area contributed by atoms with Crippen LogP contribution in [0.25, 0.3) is 11.6 Å². The van der Waals surface area contributed by atoms with E-state index in [1.165, 1.54) is 36.0 Å². The summed E-state index contributed by atoms with van der Waals surface area (Å²) in [6, 6.07) is 9.20. The molecule has 3 rings (SSSR count). The fraction of sp³-hybridized carbons (Fsp3) is 0.188. The fourth-order valence-corrected chi connectivity index (χ4v) is 2.82. The maximum absolute atomic E-state index is 12.1. The number of nitrogens with one attached hydrogen (secondary N) is 1. The van der Waals surface area contributed by atoms with E-state index in [0.29, 0.717) is 22.4 Å². The van der Waals surface area contributed by atoms with Gasteiger partial charge in [0.15, 0.2) is 16.7 Å². The molecule has 0 saturated heterocycles. The average molecular weight is 380 g/mol. The molecule has 0 unspecified atom stereocenters. The molecule has 0 aliphatic carbocycles. The minimum atomic E-state index is -2.88. The minimum absolute atomic E-state index is 0.0249. The third kappa shape index (κ3) is 4.39. The Hall–Kier alpha value is -2.88. The Morgan fingerprint density at radius 1 is 1.31 bits per heavy atom. The van der Waals surface area contributed by atoms with E-state index in [-0.39, 0.29) is 17.4 Å². The molecule has 0 fully saturated rings. The van der Waals surface area contributed by atoms with Crippen molar-refractivity contribution in [3.8, 4) is 17.3 Å². The number of aromatic nitrogens is 3. The average Bonchev–Trinajstić information content (AvgIpc) is 3.24. The highest BCUT2D eigenvalue weighted by Crippen LogP contribution is 2.23. The minimum Gasteiger partial charge on any atom is -0.461 e. The van der Waals surface area contributed by atoms with Crippen LogP contribution in [0.3, 0.4) is 0 Å². The number of ether oxygens (including phenoxy) is 1. The second kappa shape index (κ2) is 8.00. The number of furan rings is 1. The number of thioether (sulfide) groups is 1. The number of nitrogens with zero attached hydrogens (tertiary/aromatic N) is 3. The van der Waals surface area contributed by atoms with Crippen LogP contribution in [0.4, 0.5) is 14.5 Å². The summed E-state index contributed by atoms with van der Waals surface area (Å²) in [7, 11) is 1.78. The quantitative estimate of drug-likeness (QED) is 0.633. The number of benzene rings is 1. The third-order valence-electron chi connectivity index (χ3n) is 3.27. The third-order valence-corrected chi connectivity index (χ3v) is 4.29. The fourth-order valence-electron chi connectivity index (χ4n) is 2.11. The van der Waals surface area contributed by atoms with Crippen molar-refractivity contribution < 1.29 is 22.7 Å².